The summed E-state index contributed by atoms with van der Waals surface area (Å²) in [5.74, 6) is 1.02. The molecule has 140 valence electrons. The third kappa shape index (κ3) is 4.57. The van der Waals surface area contributed by atoms with Gasteiger partial charge in [0, 0.05) is 18.2 Å². The average molecular weight is 397 g/mol. The highest BCUT2D eigenvalue weighted by Crippen LogP contribution is 2.33. The molecule has 0 unspecified atom stereocenters. The molecule has 2 aromatic rings. The summed E-state index contributed by atoms with van der Waals surface area (Å²) < 4.78 is 15.3. The quantitative estimate of drug-likeness (QED) is 0.707. The van der Waals surface area contributed by atoms with E-state index in [4.69, 9.17) is 11.6 Å². The summed E-state index contributed by atoms with van der Waals surface area (Å²) in [6, 6.07) is 4.12. The summed E-state index contributed by atoms with van der Waals surface area (Å²) in [5.41, 5.74) is 0.474. The predicted octanol–water partition coefficient (Wildman–Crippen LogP) is 4.87. The summed E-state index contributed by atoms with van der Waals surface area (Å²) >= 11 is 7.09. The summed E-state index contributed by atoms with van der Waals surface area (Å²) in [4.78, 5) is 12.2. The van der Waals surface area contributed by atoms with Crippen molar-refractivity contribution >= 4 is 35.0 Å². The molecule has 5 nitrogen and oxygen atoms in total. The lowest BCUT2D eigenvalue weighted by Crippen LogP contribution is -2.15. The van der Waals surface area contributed by atoms with Crippen LogP contribution in [0.4, 0.5) is 10.1 Å². The third-order valence-electron chi connectivity index (χ3n) is 4.57. The van der Waals surface area contributed by atoms with Crippen molar-refractivity contribution in [3.63, 3.8) is 0 Å². The number of aromatic nitrogens is 3. The fraction of sp³-hybridized carbons (Fsp3) is 0.500. The second-order valence-electron chi connectivity index (χ2n) is 6.39. The third-order valence-corrected chi connectivity index (χ3v) is 5.82. The van der Waals surface area contributed by atoms with Crippen LogP contribution in [-0.2, 0) is 11.3 Å². The van der Waals surface area contributed by atoms with E-state index in [1.54, 1.807) is 0 Å². The van der Waals surface area contributed by atoms with Crippen LogP contribution in [0.25, 0.3) is 0 Å². The van der Waals surface area contributed by atoms with Crippen molar-refractivity contribution in [1.29, 1.82) is 0 Å². The fourth-order valence-corrected chi connectivity index (χ4v) is 4.26. The van der Waals surface area contributed by atoms with Crippen LogP contribution in [0, 0.1) is 5.82 Å². The summed E-state index contributed by atoms with van der Waals surface area (Å²) in [7, 11) is 0. The zero-order chi connectivity index (χ0) is 18.5. The van der Waals surface area contributed by atoms with E-state index in [1.165, 1.54) is 49.2 Å². The second-order valence-corrected chi connectivity index (χ2v) is 7.74. The molecule has 1 aromatic carbocycles. The molecule has 0 saturated heterocycles. The number of halogens is 2. The first kappa shape index (κ1) is 19.2. The van der Waals surface area contributed by atoms with Gasteiger partial charge in [-0.3, -0.25) is 4.79 Å². The van der Waals surface area contributed by atoms with Gasteiger partial charge in [0.15, 0.2) is 5.16 Å². The Morgan fingerprint density at radius 3 is 2.81 bits per heavy atom. The molecule has 1 heterocycles. The van der Waals surface area contributed by atoms with Crippen LogP contribution < -0.4 is 5.32 Å². The number of amides is 1. The van der Waals surface area contributed by atoms with E-state index in [2.05, 4.69) is 27.0 Å². The minimum Gasteiger partial charge on any atom is -0.325 e. The lowest BCUT2D eigenvalue weighted by atomic mass is 9.89. The van der Waals surface area contributed by atoms with E-state index in [-0.39, 0.29) is 16.7 Å². The molecular weight excluding hydrogens is 375 g/mol. The Labute approximate surface area is 161 Å². The number of thioether (sulfide) groups is 1. The molecule has 3 rings (SSSR count). The van der Waals surface area contributed by atoms with Crippen LogP contribution in [0.5, 0.6) is 0 Å². The van der Waals surface area contributed by atoms with Crippen LogP contribution in [0.1, 0.15) is 50.8 Å². The molecule has 1 aromatic heterocycles. The molecule has 0 aliphatic heterocycles. The van der Waals surface area contributed by atoms with E-state index in [0.29, 0.717) is 11.6 Å². The van der Waals surface area contributed by atoms with Gasteiger partial charge in [-0.05, 0) is 38.0 Å². The van der Waals surface area contributed by atoms with E-state index in [0.717, 1.165) is 30.4 Å². The number of benzene rings is 1. The molecule has 1 N–H and O–H groups in total. The van der Waals surface area contributed by atoms with Crippen LogP contribution in [0.2, 0.25) is 5.02 Å². The van der Waals surface area contributed by atoms with Crippen molar-refractivity contribution in [3.8, 4) is 0 Å². The first-order valence-electron chi connectivity index (χ1n) is 8.89. The highest BCUT2D eigenvalue weighted by molar-refractivity contribution is 7.99. The van der Waals surface area contributed by atoms with Gasteiger partial charge in [-0.1, -0.05) is 42.6 Å². The van der Waals surface area contributed by atoms with Crippen molar-refractivity contribution in [3.05, 3.63) is 34.9 Å². The number of rotatable bonds is 6. The van der Waals surface area contributed by atoms with Gasteiger partial charge in [0.2, 0.25) is 5.91 Å². The van der Waals surface area contributed by atoms with Crippen molar-refractivity contribution in [2.45, 2.75) is 56.6 Å². The van der Waals surface area contributed by atoms with E-state index in [9.17, 15) is 9.18 Å². The summed E-state index contributed by atoms with van der Waals surface area (Å²) in [6.07, 6.45) is 6.11. The highest BCUT2D eigenvalue weighted by atomic mass is 35.5. The minimum atomic E-state index is -0.509. The maximum Gasteiger partial charge on any atom is 0.234 e. The molecule has 8 heteroatoms. The number of carbonyl (C=O) groups excluding carboxylic acids is 1. The first-order valence-corrected chi connectivity index (χ1v) is 10.3. The van der Waals surface area contributed by atoms with Crippen molar-refractivity contribution in [2.24, 2.45) is 0 Å². The molecule has 26 heavy (non-hydrogen) atoms. The molecule has 1 aliphatic carbocycles. The van der Waals surface area contributed by atoms with Gasteiger partial charge in [0.05, 0.1) is 10.8 Å². The maximum atomic E-state index is 13.2. The van der Waals surface area contributed by atoms with Crippen LogP contribution in [0.15, 0.2) is 23.4 Å². The molecule has 1 amide bonds. The van der Waals surface area contributed by atoms with Gasteiger partial charge in [-0.15, -0.1) is 10.2 Å². The number of hydrogen-bond donors (Lipinski definition) is 1. The Balaban J connectivity index is 1.61. The Hall–Kier alpha value is -1.60. The maximum absolute atomic E-state index is 13.2. The van der Waals surface area contributed by atoms with Crippen LogP contribution in [0.3, 0.4) is 0 Å². The molecular formula is C18H22ClFN4OS. The fourth-order valence-electron chi connectivity index (χ4n) is 3.27. The lowest BCUT2D eigenvalue weighted by molar-refractivity contribution is -0.113. The Bertz CT molecular complexity index is 777. The average Bonchev–Trinajstić information content (AvgIpc) is 3.07. The predicted molar refractivity (Wildman–Crippen MR) is 102 cm³/mol. The normalized spacial score (nSPS) is 15.2. The van der Waals surface area contributed by atoms with Gasteiger partial charge < -0.3 is 9.88 Å². The van der Waals surface area contributed by atoms with Gasteiger partial charge in [-0.2, -0.15) is 0 Å². The monoisotopic (exact) mass is 396 g/mol. The molecule has 1 fully saturated rings. The molecule has 0 spiro atoms. The van der Waals surface area contributed by atoms with E-state index < -0.39 is 5.82 Å². The van der Waals surface area contributed by atoms with Crippen LogP contribution >= 0.6 is 23.4 Å². The zero-order valence-corrected chi connectivity index (χ0v) is 16.2. The number of nitrogens with zero attached hydrogens (tertiary/aromatic N) is 3. The highest BCUT2D eigenvalue weighted by Gasteiger charge is 2.23. The largest absolute Gasteiger partial charge is 0.325 e. The van der Waals surface area contributed by atoms with Crippen LogP contribution in [-0.4, -0.2) is 26.4 Å². The Morgan fingerprint density at radius 1 is 1.35 bits per heavy atom. The lowest BCUT2D eigenvalue weighted by Gasteiger charge is -2.21. The zero-order valence-electron chi connectivity index (χ0n) is 14.7. The molecule has 1 aliphatic rings. The minimum absolute atomic E-state index is 0.0155. The Morgan fingerprint density at radius 2 is 2.12 bits per heavy atom. The molecule has 0 atom stereocenters. The Kier molecular flexibility index (Phi) is 6.53. The SMILES string of the molecule is CCn1c(SCC(=O)Nc2ccc(F)c(Cl)c2)nnc1C1CCCCC1. The standard InChI is InChI=1S/C18H22ClFN4OS/c1-2-24-17(12-6-4-3-5-7-12)22-23-18(24)26-11-16(25)21-13-8-9-15(20)14(19)10-13/h8-10,12H,2-7,11H2,1H3,(H,21,25). The number of carbonyl (C=O) groups is 1. The van der Waals surface area contributed by atoms with E-state index in [1.807, 2.05) is 0 Å². The number of anilines is 1. The topological polar surface area (TPSA) is 59.8 Å². The molecule has 1 saturated carbocycles. The first-order chi connectivity index (χ1) is 12.6. The van der Waals surface area contributed by atoms with Gasteiger partial charge in [0.25, 0.3) is 0 Å². The smallest absolute Gasteiger partial charge is 0.234 e. The van der Waals surface area contributed by atoms with Crippen molar-refractivity contribution < 1.29 is 9.18 Å². The van der Waals surface area contributed by atoms with Gasteiger partial charge in [-0.25, -0.2) is 4.39 Å². The van der Waals surface area contributed by atoms with Gasteiger partial charge in [0.1, 0.15) is 11.6 Å². The number of hydrogen-bond acceptors (Lipinski definition) is 4. The molecule has 0 bridgehead atoms. The van der Waals surface area contributed by atoms with Crippen molar-refractivity contribution in [1.82, 2.24) is 14.8 Å². The summed E-state index contributed by atoms with van der Waals surface area (Å²) in [5, 5.41) is 12.2. The van der Waals surface area contributed by atoms with E-state index >= 15 is 0 Å². The van der Waals surface area contributed by atoms with Crippen molar-refractivity contribution in [2.75, 3.05) is 11.1 Å². The number of nitrogens with one attached hydrogen (secondary N) is 1. The van der Waals surface area contributed by atoms with Gasteiger partial charge >= 0.3 is 0 Å². The second kappa shape index (κ2) is 8.86. The molecule has 0 radical (unpaired) electrons. The summed E-state index contributed by atoms with van der Waals surface area (Å²) in [6.45, 7) is 2.86.